The molecule has 26 heavy (non-hydrogen) atoms. The van der Waals surface area contributed by atoms with E-state index in [-0.39, 0.29) is 17.7 Å². The molecule has 0 saturated carbocycles. The third-order valence-electron chi connectivity index (χ3n) is 3.49. The first-order chi connectivity index (χ1) is 12.2. The lowest BCUT2D eigenvalue weighted by Gasteiger charge is -2.24. The minimum Gasteiger partial charge on any atom is -0.479 e. The summed E-state index contributed by atoms with van der Waals surface area (Å²) in [7, 11) is 0. The maximum Gasteiger partial charge on any atom is 0.418 e. The van der Waals surface area contributed by atoms with Crippen molar-refractivity contribution in [1.82, 2.24) is 0 Å². The van der Waals surface area contributed by atoms with E-state index in [1.165, 1.54) is 31.2 Å². The van der Waals surface area contributed by atoms with Crippen LogP contribution in [0.5, 0.6) is 11.5 Å². The fourth-order valence-corrected chi connectivity index (χ4v) is 2.38. The van der Waals surface area contributed by atoms with Gasteiger partial charge in [0.15, 0.2) is 12.2 Å². The van der Waals surface area contributed by atoms with Gasteiger partial charge >= 0.3 is 12.1 Å². The Morgan fingerprint density at radius 1 is 1.15 bits per heavy atom. The van der Waals surface area contributed by atoms with E-state index in [0.29, 0.717) is 10.8 Å². The highest BCUT2D eigenvalue weighted by atomic mass is 35.5. The number of hydrogen-bond acceptors (Lipinski definition) is 3. The lowest BCUT2D eigenvalue weighted by atomic mass is 10.1. The molecule has 0 heterocycles. The number of carboxylic acids is 1. The van der Waals surface area contributed by atoms with Crippen molar-refractivity contribution in [2.24, 2.45) is 0 Å². The lowest BCUT2D eigenvalue weighted by molar-refractivity contribution is -0.238. The quantitative estimate of drug-likeness (QED) is 0.669. The van der Waals surface area contributed by atoms with Gasteiger partial charge in [0, 0.05) is 0 Å². The molecule has 8 heteroatoms. The van der Waals surface area contributed by atoms with E-state index >= 15 is 0 Å². The first-order valence-electron chi connectivity index (χ1n) is 7.69. The summed E-state index contributed by atoms with van der Waals surface area (Å²) in [6, 6.07) is 11.7. The number of aliphatic carboxylic acids is 1. The lowest BCUT2D eigenvalue weighted by Crippen LogP contribution is -2.32. The number of carbonyl (C=O) groups is 1. The zero-order valence-electron chi connectivity index (χ0n) is 13.7. The topological polar surface area (TPSA) is 55.8 Å². The van der Waals surface area contributed by atoms with E-state index in [9.17, 15) is 18.0 Å². The summed E-state index contributed by atoms with van der Waals surface area (Å²) in [4.78, 5) is 11.0. The second kappa shape index (κ2) is 8.42. The van der Waals surface area contributed by atoms with Gasteiger partial charge in [-0.2, -0.15) is 13.2 Å². The van der Waals surface area contributed by atoms with Crippen molar-refractivity contribution < 1.29 is 32.5 Å². The van der Waals surface area contributed by atoms with Gasteiger partial charge in [-0.3, -0.25) is 0 Å². The Morgan fingerprint density at radius 2 is 1.77 bits per heavy atom. The Morgan fingerprint density at radius 3 is 2.27 bits per heavy atom. The van der Waals surface area contributed by atoms with Crippen LogP contribution < -0.4 is 4.74 Å². The van der Waals surface area contributed by atoms with Crippen molar-refractivity contribution in [2.45, 2.75) is 31.7 Å². The van der Waals surface area contributed by atoms with Gasteiger partial charge in [0.05, 0.1) is 5.02 Å². The fourth-order valence-electron chi connectivity index (χ4n) is 2.20. The van der Waals surface area contributed by atoms with Crippen molar-refractivity contribution in [1.29, 1.82) is 0 Å². The highest BCUT2D eigenvalue weighted by Gasteiger charge is 2.44. The molecule has 4 nitrogen and oxygen atoms in total. The maximum atomic E-state index is 13.3. The van der Waals surface area contributed by atoms with Gasteiger partial charge in [0.2, 0.25) is 0 Å². The van der Waals surface area contributed by atoms with E-state index in [2.05, 4.69) is 0 Å². The molecule has 2 aromatic carbocycles. The molecule has 1 N–H and O–H groups in total. The number of benzene rings is 2. The third-order valence-corrected chi connectivity index (χ3v) is 3.80. The zero-order valence-corrected chi connectivity index (χ0v) is 14.4. The highest BCUT2D eigenvalue weighted by molar-refractivity contribution is 6.32. The summed E-state index contributed by atoms with van der Waals surface area (Å²) in [6.45, 7) is 1.44. The Hall–Kier alpha value is -2.25. The van der Waals surface area contributed by atoms with Gasteiger partial charge < -0.3 is 14.6 Å². The summed E-state index contributed by atoms with van der Waals surface area (Å²) < 4.78 is 50.2. The molecular weight excluding hydrogens is 373 g/mol. The van der Waals surface area contributed by atoms with Crippen LogP contribution in [0.15, 0.2) is 48.5 Å². The number of ether oxygens (including phenoxy) is 2. The predicted molar refractivity (Wildman–Crippen MR) is 89.6 cm³/mol. The van der Waals surface area contributed by atoms with Crippen LogP contribution >= 0.6 is 11.6 Å². The second-order valence-electron chi connectivity index (χ2n) is 5.39. The van der Waals surface area contributed by atoms with E-state index in [1.807, 2.05) is 0 Å². The monoisotopic (exact) mass is 388 g/mol. The van der Waals surface area contributed by atoms with Gasteiger partial charge in [-0.1, -0.05) is 42.8 Å². The fraction of sp³-hybridized carbons (Fsp3) is 0.278. The molecule has 0 bridgehead atoms. The molecular formula is C18H16ClF3O4. The SMILES string of the molecule is CCC(OC(c1ccc(Oc2ccccc2Cl)cc1)C(F)(F)F)C(=O)O. The Bertz CT molecular complexity index is 747. The van der Waals surface area contributed by atoms with Crippen molar-refractivity contribution in [3.8, 4) is 11.5 Å². The van der Waals surface area contributed by atoms with Crippen LogP contribution in [0.25, 0.3) is 0 Å². The minimum absolute atomic E-state index is 0.0877. The van der Waals surface area contributed by atoms with Crippen molar-refractivity contribution in [3.63, 3.8) is 0 Å². The number of rotatable bonds is 7. The molecule has 2 unspecified atom stereocenters. The van der Waals surface area contributed by atoms with E-state index in [0.717, 1.165) is 0 Å². The van der Waals surface area contributed by atoms with Gasteiger partial charge in [-0.05, 0) is 36.2 Å². The van der Waals surface area contributed by atoms with Crippen LogP contribution in [-0.2, 0) is 9.53 Å². The van der Waals surface area contributed by atoms with Gasteiger partial charge in [0.25, 0.3) is 0 Å². The summed E-state index contributed by atoms with van der Waals surface area (Å²) in [5.41, 5.74) is -0.219. The average Bonchev–Trinajstić information content (AvgIpc) is 2.57. The molecule has 0 saturated heterocycles. The Kier molecular flexibility index (Phi) is 6.50. The van der Waals surface area contributed by atoms with Crippen molar-refractivity contribution in [3.05, 3.63) is 59.1 Å². The first kappa shape index (κ1) is 20.1. The van der Waals surface area contributed by atoms with Crippen LogP contribution in [0.4, 0.5) is 13.2 Å². The summed E-state index contributed by atoms with van der Waals surface area (Å²) >= 11 is 5.97. The average molecular weight is 389 g/mol. The second-order valence-corrected chi connectivity index (χ2v) is 5.80. The van der Waals surface area contributed by atoms with Crippen LogP contribution in [-0.4, -0.2) is 23.4 Å². The summed E-state index contributed by atoms with van der Waals surface area (Å²) in [5.74, 6) is -0.795. The van der Waals surface area contributed by atoms with E-state index < -0.39 is 24.4 Å². The molecule has 0 aliphatic rings. The highest BCUT2D eigenvalue weighted by Crippen LogP contribution is 2.38. The predicted octanol–water partition coefficient (Wildman–Crippen LogP) is 5.62. The molecule has 0 aromatic heterocycles. The van der Waals surface area contributed by atoms with Crippen LogP contribution in [0.3, 0.4) is 0 Å². The van der Waals surface area contributed by atoms with Gasteiger partial charge in [-0.15, -0.1) is 0 Å². The largest absolute Gasteiger partial charge is 0.479 e. The molecule has 0 radical (unpaired) electrons. The number of hydrogen-bond donors (Lipinski definition) is 1. The first-order valence-corrected chi connectivity index (χ1v) is 8.07. The maximum absolute atomic E-state index is 13.3. The van der Waals surface area contributed by atoms with Crippen LogP contribution in [0, 0.1) is 0 Å². The van der Waals surface area contributed by atoms with Crippen molar-refractivity contribution >= 4 is 17.6 Å². The molecule has 2 aromatic rings. The van der Waals surface area contributed by atoms with E-state index in [1.54, 1.807) is 24.3 Å². The molecule has 0 aliphatic heterocycles. The number of halogens is 4. The molecule has 2 rings (SSSR count). The normalized spacial score (nSPS) is 13.9. The summed E-state index contributed by atoms with van der Waals surface area (Å²) in [6.07, 6.45) is -8.75. The Balaban J connectivity index is 2.22. The molecule has 0 fully saturated rings. The molecule has 0 spiro atoms. The smallest absolute Gasteiger partial charge is 0.418 e. The summed E-state index contributed by atoms with van der Waals surface area (Å²) in [5, 5.41) is 9.31. The standard InChI is InChI=1S/C18H16ClF3O4/c1-2-14(17(23)24)26-16(18(20,21)22)11-7-9-12(10-8-11)25-15-6-4-3-5-13(15)19/h3-10,14,16H,2H2,1H3,(H,23,24). The molecule has 0 aliphatic carbocycles. The molecule has 0 amide bonds. The van der Waals surface area contributed by atoms with Crippen LogP contribution in [0.1, 0.15) is 25.0 Å². The van der Waals surface area contributed by atoms with E-state index in [4.69, 9.17) is 26.2 Å². The van der Waals surface area contributed by atoms with Crippen LogP contribution in [0.2, 0.25) is 5.02 Å². The molecule has 2 atom stereocenters. The van der Waals surface area contributed by atoms with Crippen molar-refractivity contribution in [2.75, 3.05) is 0 Å². The van der Waals surface area contributed by atoms with Gasteiger partial charge in [-0.25, -0.2) is 4.79 Å². The zero-order chi connectivity index (χ0) is 19.3. The number of carboxylic acid groups (broad SMARTS) is 1. The third kappa shape index (κ3) is 5.12. The van der Waals surface area contributed by atoms with Gasteiger partial charge in [0.1, 0.15) is 11.5 Å². The minimum atomic E-state index is -4.76. The molecule has 140 valence electrons. The number of para-hydroxylation sites is 1. The number of alkyl halides is 3. The Labute approximate surface area is 153 Å².